The summed E-state index contributed by atoms with van der Waals surface area (Å²) in [5, 5.41) is 12.0. The number of para-hydroxylation sites is 2. The molecule has 0 bridgehead atoms. The van der Waals surface area contributed by atoms with Crippen LogP contribution in [0.1, 0.15) is 26.2 Å². The Morgan fingerprint density at radius 2 is 1.45 bits per heavy atom. The number of aryl methyl sites for hydroxylation is 1. The van der Waals surface area contributed by atoms with Gasteiger partial charge in [0.25, 0.3) is 0 Å². The second-order valence-electron chi connectivity index (χ2n) is 5.53. The van der Waals surface area contributed by atoms with Gasteiger partial charge in [0.1, 0.15) is 0 Å². The topological polar surface area (TPSA) is 25.2 Å². The molecule has 0 saturated heterocycles. The molecule has 1 aromatic heterocycles. The van der Waals surface area contributed by atoms with Crippen molar-refractivity contribution < 1.29 is 5.11 Å². The molecule has 0 amide bonds. The summed E-state index contributed by atoms with van der Waals surface area (Å²) >= 11 is 0. The van der Waals surface area contributed by atoms with Gasteiger partial charge in [-0.3, -0.25) is 0 Å². The van der Waals surface area contributed by atoms with Crippen molar-refractivity contribution in [2.24, 2.45) is 0 Å². The zero-order valence-electron chi connectivity index (χ0n) is 11.9. The lowest BCUT2D eigenvalue weighted by Gasteiger charge is -2.08. The summed E-state index contributed by atoms with van der Waals surface area (Å²) in [5.41, 5.74) is 2.62. The van der Waals surface area contributed by atoms with E-state index in [-0.39, 0.29) is 6.10 Å². The third-order valence-corrected chi connectivity index (χ3v) is 3.93. The Morgan fingerprint density at radius 3 is 2.00 bits per heavy atom. The molecule has 0 aliphatic carbocycles. The molecule has 3 aromatic rings. The van der Waals surface area contributed by atoms with Gasteiger partial charge in [0, 0.05) is 28.4 Å². The van der Waals surface area contributed by atoms with Crippen LogP contribution in [0.15, 0.2) is 48.5 Å². The molecule has 1 atom stereocenters. The monoisotopic (exact) mass is 267 g/mol. The van der Waals surface area contributed by atoms with Gasteiger partial charge < -0.3 is 9.67 Å². The average molecular weight is 267 g/mol. The fourth-order valence-corrected chi connectivity index (χ4v) is 2.95. The highest BCUT2D eigenvalue weighted by atomic mass is 16.3. The first-order valence-electron chi connectivity index (χ1n) is 7.41. The minimum absolute atomic E-state index is 0.187. The van der Waals surface area contributed by atoms with Gasteiger partial charge in [0.15, 0.2) is 0 Å². The van der Waals surface area contributed by atoms with Crippen molar-refractivity contribution >= 4 is 21.8 Å². The summed E-state index contributed by atoms with van der Waals surface area (Å²) in [6.07, 6.45) is 2.87. The minimum Gasteiger partial charge on any atom is -0.393 e. The van der Waals surface area contributed by atoms with Crippen LogP contribution in [0.4, 0.5) is 0 Å². The van der Waals surface area contributed by atoms with Gasteiger partial charge in [-0.2, -0.15) is 0 Å². The normalized spacial score (nSPS) is 13.1. The predicted molar refractivity (Wildman–Crippen MR) is 85.0 cm³/mol. The van der Waals surface area contributed by atoms with Gasteiger partial charge in [0.2, 0.25) is 0 Å². The van der Waals surface area contributed by atoms with Crippen molar-refractivity contribution in [2.45, 2.75) is 38.8 Å². The van der Waals surface area contributed by atoms with Crippen LogP contribution in [0.2, 0.25) is 0 Å². The number of nitrogens with zero attached hydrogens (tertiary/aromatic N) is 1. The number of hydrogen-bond donors (Lipinski definition) is 1. The Labute approximate surface area is 119 Å². The largest absolute Gasteiger partial charge is 0.393 e. The SMILES string of the molecule is CC(O)CCCCn1c2ccccc2c2ccccc21. The van der Waals surface area contributed by atoms with Crippen molar-refractivity contribution in [2.75, 3.05) is 0 Å². The number of hydrogen-bond acceptors (Lipinski definition) is 1. The minimum atomic E-state index is -0.187. The van der Waals surface area contributed by atoms with Gasteiger partial charge in [0.05, 0.1) is 6.10 Å². The molecule has 1 heterocycles. The number of aliphatic hydroxyl groups is 1. The first-order chi connectivity index (χ1) is 9.77. The molecular weight excluding hydrogens is 246 g/mol. The van der Waals surface area contributed by atoms with Gasteiger partial charge in [-0.25, -0.2) is 0 Å². The van der Waals surface area contributed by atoms with Crippen LogP contribution in [0.5, 0.6) is 0 Å². The van der Waals surface area contributed by atoms with E-state index in [1.807, 2.05) is 6.92 Å². The van der Waals surface area contributed by atoms with E-state index in [9.17, 15) is 5.11 Å². The highest BCUT2D eigenvalue weighted by Crippen LogP contribution is 2.28. The fraction of sp³-hybridized carbons (Fsp3) is 0.333. The Balaban J connectivity index is 1.95. The summed E-state index contributed by atoms with van der Waals surface area (Å²) in [7, 11) is 0. The predicted octanol–water partition coefficient (Wildman–Crippen LogP) is 4.35. The molecule has 2 nitrogen and oxygen atoms in total. The van der Waals surface area contributed by atoms with Crippen LogP contribution in [-0.2, 0) is 6.54 Å². The molecule has 0 aliphatic heterocycles. The first kappa shape index (κ1) is 13.2. The maximum Gasteiger partial charge on any atom is 0.0512 e. The van der Waals surface area contributed by atoms with Crippen molar-refractivity contribution in [1.29, 1.82) is 0 Å². The number of aliphatic hydroxyl groups excluding tert-OH is 1. The summed E-state index contributed by atoms with van der Waals surface area (Å²) < 4.78 is 2.41. The van der Waals surface area contributed by atoms with Crippen LogP contribution < -0.4 is 0 Å². The van der Waals surface area contributed by atoms with E-state index >= 15 is 0 Å². The van der Waals surface area contributed by atoms with E-state index in [1.165, 1.54) is 21.8 Å². The lowest BCUT2D eigenvalue weighted by molar-refractivity contribution is 0.180. The maximum absolute atomic E-state index is 9.35. The zero-order valence-corrected chi connectivity index (χ0v) is 11.9. The third-order valence-electron chi connectivity index (χ3n) is 3.93. The summed E-state index contributed by atoms with van der Waals surface area (Å²) in [5.74, 6) is 0. The summed E-state index contributed by atoms with van der Waals surface area (Å²) in [6.45, 7) is 2.88. The quantitative estimate of drug-likeness (QED) is 0.683. The molecule has 0 aliphatic rings. The number of unbranched alkanes of at least 4 members (excludes halogenated alkanes) is 1. The summed E-state index contributed by atoms with van der Waals surface area (Å²) in [6, 6.07) is 17.2. The molecule has 104 valence electrons. The molecule has 2 aromatic carbocycles. The lowest BCUT2D eigenvalue weighted by atomic mass is 10.2. The lowest BCUT2D eigenvalue weighted by Crippen LogP contribution is -2.02. The van der Waals surface area contributed by atoms with Crippen molar-refractivity contribution in [1.82, 2.24) is 4.57 Å². The van der Waals surface area contributed by atoms with E-state index in [2.05, 4.69) is 53.1 Å². The number of aromatic nitrogens is 1. The zero-order chi connectivity index (χ0) is 13.9. The molecule has 0 radical (unpaired) electrons. The molecule has 1 N–H and O–H groups in total. The van der Waals surface area contributed by atoms with Crippen molar-refractivity contribution in [3.05, 3.63) is 48.5 Å². The summed E-state index contributed by atoms with van der Waals surface area (Å²) in [4.78, 5) is 0. The van der Waals surface area contributed by atoms with Crippen LogP contribution >= 0.6 is 0 Å². The number of rotatable bonds is 5. The van der Waals surface area contributed by atoms with E-state index in [1.54, 1.807) is 0 Å². The molecular formula is C18H21NO. The Hall–Kier alpha value is -1.80. The van der Waals surface area contributed by atoms with Crippen LogP contribution in [0.25, 0.3) is 21.8 Å². The first-order valence-corrected chi connectivity index (χ1v) is 7.41. The van der Waals surface area contributed by atoms with Crippen LogP contribution in [-0.4, -0.2) is 15.8 Å². The maximum atomic E-state index is 9.35. The van der Waals surface area contributed by atoms with Gasteiger partial charge in [-0.05, 0) is 38.3 Å². The standard InChI is InChI=1S/C18H21NO/c1-14(20)8-6-7-13-19-17-11-4-2-9-15(17)16-10-3-5-12-18(16)19/h2-5,9-12,14,20H,6-8,13H2,1H3. The molecule has 2 heteroatoms. The number of benzene rings is 2. The average Bonchev–Trinajstić information content (AvgIpc) is 2.78. The Bertz CT molecular complexity index is 658. The van der Waals surface area contributed by atoms with E-state index < -0.39 is 0 Å². The molecule has 0 spiro atoms. The molecule has 0 fully saturated rings. The molecule has 1 unspecified atom stereocenters. The van der Waals surface area contributed by atoms with Gasteiger partial charge in [-0.15, -0.1) is 0 Å². The van der Waals surface area contributed by atoms with Gasteiger partial charge in [-0.1, -0.05) is 36.4 Å². The Kier molecular flexibility index (Phi) is 3.75. The van der Waals surface area contributed by atoms with Crippen molar-refractivity contribution in [3.8, 4) is 0 Å². The van der Waals surface area contributed by atoms with E-state index in [0.717, 1.165) is 25.8 Å². The number of fused-ring (bicyclic) bond motifs is 3. The second kappa shape index (κ2) is 5.68. The second-order valence-corrected chi connectivity index (χ2v) is 5.53. The molecule has 20 heavy (non-hydrogen) atoms. The third kappa shape index (κ3) is 2.44. The van der Waals surface area contributed by atoms with Gasteiger partial charge >= 0.3 is 0 Å². The van der Waals surface area contributed by atoms with E-state index in [4.69, 9.17) is 0 Å². The fourth-order valence-electron chi connectivity index (χ4n) is 2.95. The van der Waals surface area contributed by atoms with Crippen molar-refractivity contribution in [3.63, 3.8) is 0 Å². The van der Waals surface area contributed by atoms with Crippen LogP contribution in [0.3, 0.4) is 0 Å². The van der Waals surface area contributed by atoms with Crippen LogP contribution in [0, 0.1) is 0 Å². The van der Waals surface area contributed by atoms with E-state index in [0.29, 0.717) is 0 Å². The molecule has 3 rings (SSSR count). The highest BCUT2D eigenvalue weighted by molar-refractivity contribution is 6.07. The Morgan fingerprint density at radius 1 is 0.900 bits per heavy atom. The smallest absolute Gasteiger partial charge is 0.0512 e. The molecule has 0 saturated carbocycles. The highest BCUT2D eigenvalue weighted by Gasteiger charge is 2.08.